The van der Waals surface area contributed by atoms with Gasteiger partial charge in [-0.05, 0) is 56.5 Å². The fourth-order valence-corrected chi connectivity index (χ4v) is 4.85. The van der Waals surface area contributed by atoms with Crippen LogP contribution in [0, 0.1) is 23.3 Å². The van der Waals surface area contributed by atoms with Crippen molar-refractivity contribution in [3.8, 4) is 0 Å². The number of alkyl halides is 3. The Kier molecular flexibility index (Phi) is 9.23. The zero-order chi connectivity index (χ0) is 32.6. The quantitative estimate of drug-likeness (QED) is 0.281. The van der Waals surface area contributed by atoms with Gasteiger partial charge in [0, 0.05) is 31.6 Å². The summed E-state index contributed by atoms with van der Waals surface area (Å²) in [6.07, 6.45) is -8.77. The van der Waals surface area contributed by atoms with Gasteiger partial charge in [-0.25, -0.2) is 22.4 Å². The number of hydrogen-bond donors (Lipinski definition) is 2. The Morgan fingerprint density at radius 3 is 2.25 bits per heavy atom. The Labute approximate surface area is 246 Å². The second kappa shape index (κ2) is 12.4. The highest BCUT2D eigenvalue weighted by atomic mass is 19.4. The first-order valence-corrected chi connectivity index (χ1v) is 13.3. The first-order valence-electron chi connectivity index (χ1n) is 13.3. The highest BCUT2D eigenvalue weighted by Crippen LogP contribution is 2.39. The maximum Gasteiger partial charge on any atom is 0.451 e. The zero-order valence-electron chi connectivity index (χ0n) is 23.6. The number of carbonyl (C=O) groups is 2. The molecule has 9 nitrogen and oxygen atoms in total. The number of aromatic nitrogens is 3. The molecule has 0 saturated carbocycles. The monoisotopic (exact) mass is 631 g/mol. The van der Waals surface area contributed by atoms with Gasteiger partial charge in [0.1, 0.15) is 29.4 Å². The summed E-state index contributed by atoms with van der Waals surface area (Å²) in [6, 6.07) is 2.43. The largest absolute Gasteiger partial charge is 0.451 e. The van der Waals surface area contributed by atoms with Gasteiger partial charge in [0.15, 0.2) is 17.5 Å². The SMILES string of the molecule is CC(C)(C)OC(=O)N[C@@H](CC(=O)N1CCn2c(nnc2C(F)(F)F)[C@H]1[C@@H](O)c1ccc(F)cc1)Cc1cc(F)c(F)cc1F. The molecule has 0 aliphatic carbocycles. The molecule has 3 aromatic rings. The van der Waals surface area contributed by atoms with Gasteiger partial charge >= 0.3 is 12.3 Å². The number of aliphatic hydroxyl groups excluding tert-OH is 1. The topological polar surface area (TPSA) is 110 Å². The molecule has 2 N–H and O–H groups in total. The highest BCUT2D eigenvalue weighted by molar-refractivity contribution is 5.78. The number of fused-ring (bicyclic) bond motifs is 1. The summed E-state index contributed by atoms with van der Waals surface area (Å²) in [5.41, 5.74) is -1.32. The minimum atomic E-state index is -4.90. The average Bonchev–Trinajstić information content (AvgIpc) is 3.35. The highest BCUT2D eigenvalue weighted by Gasteiger charge is 2.45. The van der Waals surface area contributed by atoms with E-state index in [1.165, 1.54) is 12.1 Å². The van der Waals surface area contributed by atoms with Crippen LogP contribution < -0.4 is 5.32 Å². The molecule has 2 heterocycles. The molecule has 1 aromatic heterocycles. The van der Waals surface area contributed by atoms with Gasteiger partial charge in [0.05, 0.1) is 0 Å². The van der Waals surface area contributed by atoms with Crippen LogP contribution in [0.1, 0.15) is 62.1 Å². The molecule has 2 amide bonds. The van der Waals surface area contributed by atoms with Crippen molar-refractivity contribution >= 4 is 12.0 Å². The van der Waals surface area contributed by atoms with Gasteiger partial charge in [-0.2, -0.15) is 13.2 Å². The van der Waals surface area contributed by atoms with Crippen LogP contribution in [0.25, 0.3) is 0 Å². The van der Waals surface area contributed by atoms with Gasteiger partial charge < -0.3 is 24.6 Å². The molecular formula is C28H28F7N5O4. The minimum absolute atomic E-state index is 0.0477. The fourth-order valence-electron chi connectivity index (χ4n) is 4.85. The lowest BCUT2D eigenvalue weighted by Crippen LogP contribution is -2.48. The van der Waals surface area contributed by atoms with E-state index in [-0.39, 0.29) is 17.7 Å². The second-order valence-electron chi connectivity index (χ2n) is 11.2. The molecule has 4 rings (SSSR count). The first-order chi connectivity index (χ1) is 20.4. The number of amides is 2. The van der Waals surface area contributed by atoms with Crippen LogP contribution in [-0.2, 0) is 28.7 Å². The number of halogens is 7. The second-order valence-corrected chi connectivity index (χ2v) is 11.2. The number of alkyl carbamates (subject to hydrolysis) is 1. The van der Waals surface area contributed by atoms with E-state index in [0.29, 0.717) is 16.7 Å². The molecule has 1 aliphatic rings. The van der Waals surface area contributed by atoms with E-state index in [9.17, 15) is 45.4 Å². The first kappa shape index (κ1) is 32.7. The van der Waals surface area contributed by atoms with Gasteiger partial charge in [-0.1, -0.05) is 12.1 Å². The molecule has 0 fully saturated rings. The summed E-state index contributed by atoms with van der Waals surface area (Å²) in [7, 11) is 0. The summed E-state index contributed by atoms with van der Waals surface area (Å²) >= 11 is 0. The van der Waals surface area contributed by atoms with Crippen LogP contribution in [-0.4, -0.2) is 55.0 Å². The molecule has 1 aliphatic heterocycles. The Morgan fingerprint density at radius 1 is 1.00 bits per heavy atom. The van der Waals surface area contributed by atoms with Crippen molar-refractivity contribution in [3.63, 3.8) is 0 Å². The Hall–Kier alpha value is -4.21. The van der Waals surface area contributed by atoms with Crippen molar-refractivity contribution < 1.29 is 50.2 Å². The van der Waals surface area contributed by atoms with Crippen molar-refractivity contribution in [2.24, 2.45) is 0 Å². The standard InChI is InChI=1S/C28H28F7N5O4/c1-27(2,3)44-26(43)36-17(10-15-11-19(31)20(32)13-18(15)30)12-21(41)39-8-9-40-24(37-38-25(40)28(33,34)35)22(39)23(42)14-4-6-16(29)7-5-14/h4-7,11,13,17,22-23,42H,8-10,12H2,1-3H3,(H,36,43)/t17-,22-,23+/m1/s1. The van der Waals surface area contributed by atoms with E-state index < -0.39 is 96.3 Å². The summed E-state index contributed by atoms with van der Waals surface area (Å²) in [6.45, 7) is 3.87. The molecule has 3 atom stereocenters. The molecule has 0 bridgehead atoms. The van der Waals surface area contributed by atoms with E-state index in [1.54, 1.807) is 20.8 Å². The predicted octanol–water partition coefficient (Wildman–Crippen LogP) is 5.00. The van der Waals surface area contributed by atoms with Crippen molar-refractivity contribution in [1.29, 1.82) is 0 Å². The number of nitrogens with one attached hydrogen (secondary N) is 1. The number of benzene rings is 2. The van der Waals surface area contributed by atoms with E-state index in [1.807, 2.05) is 0 Å². The number of rotatable bonds is 7. The minimum Gasteiger partial charge on any atom is -0.444 e. The molecule has 0 saturated heterocycles. The van der Waals surface area contributed by atoms with Gasteiger partial charge in [-0.15, -0.1) is 10.2 Å². The smallest absolute Gasteiger partial charge is 0.444 e. The number of carbonyl (C=O) groups excluding carboxylic acids is 2. The lowest BCUT2D eigenvalue weighted by Gasteiger charge is -2.39. The summed E-state index contributed by atoms with van der Waals surface area (Å²) in [5.74, 6) is -7.22. The number of nitrogens with zero attached hydrogens (tertiary/aromatic N) is 4. The van der Waals surface area contributed by atoms with Crippen molar-refractivity contribution in [1.82, 2.24) is 25.0 Å². The molecule has 16 heteroatoms. The van der Waals surface area contributed by atoms with Crippen molar-refractivity contribution in [2.45, 2.75) is 70.1 Å². The third kappa shape index (κ3) is 7.46. The number of ether oxygens (including phenoxy) is 1. The van der Waals surface area contributed by atoms with Crippen LogP contribution >= 0.6 is 0 Å². The van der Waals surface area contributed by atoms with Crippen molar-refractivity contribution in [3.05, 3.63) is 82.4 Å². The van der Waals surface area contributed by atoms with Gasteiger partial charge in [0.2, 0.25) is 11.7 Å². The van der Waals surface area contributed by atoms with E-state index in [0.717, 1.165) is 17.0 Å². The Bertz CT molecular complexity index is 1520. The number of hydrogen-bond acceptors (Lipinski definition) is 6. The summed E-state index contributed by atoms with van der Waals surface area (Å²) in [4.78, 5) is 27.3. The molecule has 238 valence electrons. The Morgan fingerprint density at radius 2 is 1.64 bits per heavy atom. The normalized spacial score (nSPS) is 16.7. The van der Waals surface area contributed by atoms with Crippen LogP contribution in [0.3, 0.4) is 0 Å². The molecule has 0 unspecified atom stereocenters. The van der Waals surface area contributed by atoms with E-state index in [4.69, 9.17) is 4.74 Å². The van der Waals surface area contributed by atoms with Crippen LogP contribution in [0.5, 0.6) is 0 Å². The summed E-state index contributed by atoms with van der Waals surface area (Å²) < 4.78 is 102. The molecule has 44 heavy (non-hydrogen) atoms. The third-order valence-electron chi connectivity index (χ3n) is 6.73. The summed E-state index contributed by atoms with van der Waals surface area (Å²) in [5, 5.41) is 20.5. The van der Waals surface area contributed by atoms with Gasteiger partial charge in [0.25, 0.3) is 0 Å². The van der Waals surface area contributed by atoms with E-state index in [2.05, 4.69) is 15.5 Å². The maximum atomic E-state index is 14.5. The Balaban J connectivity index is 1.69. The zero-order valence-corrected chi connectivity index (χ0v) is 23.6. The van der Waals surface area contributed by atoms with Crippen LogP contribution in [0.4, 0.5) is 35.5 Å². The molecule has 0 spiro atoms. The predicted molar refractivity (Wildman–Crippen MR) is 139 cm³/mol. The van der Waals surface area contributed by atoms with Crippen LogP contribution in [0.15, 0.2) is 36.4 Å². The average molecular weight is 632 g/mol. The lowest BCUT2D eigenvalue weighted by atomic mass is 9.96. The lowest BCUT2D eigenvalue weighted by molar-refractivity contribution is -0.149. The molecule has 2 aromatic carbocycles. The number of aliphatic hydroxyl groups is 1. The maximum absolute atomic E-state index is 14.5. The molecular weight excluding hydrogens is 603 g/mol. The third-order valence-corrected chi connectivity index (χ3v) is 6.73. The van der Waals surface area contributed by atoms with Crippen LogP contribution in [0.2, 0.25) is 0 Å². The fraction of sp³-hybridized carbons (Fsp3) is 0.429. The van der Waals surface area contributed by atoms with E-state index >= 15 is 0 Å². The van der Waals surface area contributed by atoms with Crippen molar-refractivity contribution in [2.75, 3.05) is 6.54 Å². The molecule has 0 radical (unpaired) electrons. The van der Waals surface area contributed by atoms with Gasteiger partial charge in [-0.3, -0.25) is 4.79 Å².